The Morgan fingerprint density at radius 1 is 1.16 bits per heavy atom. The maximum absolute atomic E-state index is 6.23. The fourth-order valence-corrected chi connectivity index (χ4v) is 2.72. The molecule has 98 valence electrons. The number of allylic oxidation sites excluding steroid dienone is 2. The highest BCUT2D eigenvalue weighted by Crippen LogP contribution is 2.36. The molecule has 0 amide bonds. The third-order valence-electron chi connectivity index (χ3n) is 3.75. The molecule has 3 heteroatoms. The normalized spacial score (nSPS) is 15.3. The fourth-order valence-electron chi connectivity index (χ4n) is 2.72. The molecule has 0 fully saturated rings. The number of anilines is 1. The van der Waals surface area contributed by atoms with Crippen LogP contribution in [0.5, 0.6) is 0 Å². The second kappa shape index (κ2) is 4.92. The molecule has 0 saturated heterocycles. The Morgan fingerprint density at radius 3 is 2.63 bits per heavy atom. The monoisotopic (exact) mass is 253 g/mol. The molecule has 1 aliphatic rings. The lowest BCUT2D eigenvalue weighted by molar-refractivity contribution is 0.742. The summed E-state index contributed by atoms with van der Waals surface area (Å²) in [6.45, 7) is 0. The van der Waals surface area contributed by atoms with Crippen molar-refractivity contribution in [2.75, 3.05) is 5.73 Å². The summed E-state index contributed by atoms with van der Waals surface area (Å²) >= 11 is 0. The van der Waals surface area contributed by atoms with E-state index in [1.54, 1.807) is 4.68 Å². The Bertz CT molecular complexity index is 608. The van der Waals surface area contributed by atoms with Crippen LogP contribution < -0.4 is 5.73 Å². The molecule has 0 saturated carbocycles. The van der Waals surface area contributed by atoms with Crippen molar-refractivity contribution in [1.82, 2.24) is 9.78 Å². The van der Waals surface area contributed by atoms with Crippen LogP contribution in [0.1, 0.15) is 31.2 Å². The zero-order chi connectivity index (χ0) is 13.2. The van der Waals surface area contributed by atoms with Gasteiger partial charge >= 0.3 is 0 Å². The molecule has 1 aliphatic carbocycles. The highest BCUT2D eigenvalue weighted by Gasteiger charge is 2.19. The predicted octanol–water partition coefficient (Wildman–Crippen LogP) is 3.63. The van der Waals surface area contributed by atoms with Gasteiger partial charge in [0.05, 0.1) is 0 Å². The Balaban J connectivity index is 2.15. The standard InChI is InChI=1S/C16H19N3/c1-19-16(17)14(12-8-4-2-5-9-12)15(18-19)13-10-6-3-7-11-13/h3,6-8,10-11H,2,4-5,9,17H2,1H3. The highest BCUT2D eigenvalue weighted by molar-refractivity contribution is 5.85. The molecule has 2 aromatic rings. The molecule has 1 aromatic carbocycles. The first-order valence-corrected chi connectivity index (χ1v) is 6.84. The molecule has 3 nitrogen and oxygen atoms in total. The van der Waals surface area contributed by atoms with E-state index in [1.165, 1.54) is 18.4 Å². The number of benzene rings is 1. The average Bonchev–Trinajstić information content (AvgIpc) is 2.77. The number of nitrogen functional groups attached to an aromatic ring is 1. The Hall–Kier alpha value is -2.03. The largest absolute Gasteiger partial charge is 0.383 e. The summed E-state index contributed by atoms with van der Waals surface area (Å²) in [6.07, 6.45) is 7.11. The van der Waals surface area contributed by atoms with Crippen molar-refractivity contribution < 1.29 is 0 Å². The minimum atomic E-state index is 0.770. The van der Waals surface area contributed by atoms with E-state index in [4.69, 9.17) is 5.73 Å². The molecule has 3 rings (SSSR count). The second-order valence-electron chi connectivity index (χ2n) is 5.07. The summed E-state index contributed by atoms with van der Waals surface area (Å²) in [7, 11) is 1.91. The van der Waals surface area contributed by atoms with Crippen LogP contribution in [0.3, 0.4) is 0 Å². The van der Waals surface area contributed by atoms with Gasteiger partial charge in [-0.25, -0.2) is 0 Å². The molecule has 0 atom stereocenters. The molecule has 1 heterocycles. The van der Waals surface area contributed by atoms with Crippen molar-refractivity contribution in [3.63, 3.8) is 0 Å². The number of hydrogen-bond donors (Lipinski definition) is 1. The zero-order valence-electron chi connectivity index (χ0n) is 11.3. The Labute approximate surface area is 113 Å². The summed E-state index contributed by atoms with van der Waals surface area (Å²) in [5, 5.41) is 4.61. The van der Waals surface area contributed by atoms with Crippen LogP contribution in [0, 0.1) is 0 Å². The van der Waals surface area contributed by atoms with E-state index in [0.717, 1.165) is 35.5 Å². The average molecular weight is 253 g/mol. The van der Waals surface area contributed by atoms with E-state index < -0.39 is 0 Å². The molecule has 0 spiro atoms. The van der Waals surface area contributed by atoms with E-state index in [-0.39, 0.29) is 0 Å². The number of aromatic nitrogens is 2. The first kappa shape index (κ1) is 12.0. The Morgan fingerprint density at radius 2 is 1.95 bits per heavy atom. The second-order valence-corrected chi connectivity index (χ2v) is 5.07. The van der Waals surface area contributed by atoms with Crippen LogP contribution in [0.4, 0.5) is 5.82 Å². The molecule has 19 heavy (non-hydrogen) atoms. The molecule has 0 bridgehead atoms. The SMILES string of the molecule is Cn1nc(-c2ccccc2)c(C2=CCCCC2)c1N. The van der Waals surface area contributed by atoms with Gasteiger partial charge in [0.25, 0.3) is 0 Å². The van der Waals surface area contributed by atoms with Crippen molar-refractivity contribution in [2.45, 2.75) is 25.7 Å². The van der Waals surface area contributed by atoms with Crippen molar-refractivity contribution in [3.05, 3.63) is 42.0 Å². The van der Waals surface area contributed by atoms with Gasteiger partial charge in [0, 0.05) is 18.2 Å². The van der Waals surface area contributed by atoms with E-state index in [1.807, 2.05) is 25.2 Å². The summed E-state index contributed by atoms with van der Waals surface area (Å²) in [6, 6.07) is 10.3. The van der Waals surface area contributed by atoms with Gasteiger partial charge in [0.1, 0.15) is 11.5 Å². The maximum Gasteiger partial charge on any atom is 0.129 e. The maximum atomic E-state index is 6.23. The quantitative estimate of drug-likeness (QED) is 0.888. The molecule has 0 aliphatic heterocycles. The van der Waals surface area contributed by atoms with Gasteiger partial charge in [0.15, 0.2) is 0 Å². The number of rotatable bonds is 2. The molecular formula is C16H19N3. The van der Waals surface area contributed by atoms with Gasteiger partial charge in [-0.2, -0.15) is 5.10 Å². The molecule has 0 unspecified atom stereocenters. The smallest absolute Gasteiger partial charge is 0.129 e. The fraction of sp³-hybridized carbons (Fsp3) is 0.312. The minimum Gasteiger partial charge on any atom is -0.383 e. The first-order chi connectivity index (χ1) is 9.27. The van der Waals surface area contributed by atoms with Crippen LogP contribution in [0.25, 0.3) is 16.8 Å². The third-order valence-corrected chi connectivity index (χ3v) is 3.75. The summed E-state index contributed by atoms with van der Waals surface area (Å²) in [5.41, 5.74) is 10.9. The van der Waals surface area contributed by atoms with Crippen molar-refractivity contribution in [2.24, 2.45) is 7.05 Å². The van der Waals surface area contributed by atoms with Gasteiger partial charge in [-0.1, -0.05) is 36.4 Å². The van der Waals surface area contributed by atoms with Crippen LogP contribution in [-0.2, 0) is 7.05 Å². The van der Waals surface area contributed by atoms with Gasteiger partial charge in [-0.05, 0) is 31.3 Å². The topological polar surface area (TPSA) is 43.8 Å². The van der Waals surface area contributed by atoms with Crippen molar-refractivity contribution in [1.29, 1.82) is 0 Å². The van der Waals surface area contributed by atoms with Gasteiger partial charge in [0.2, 0.25) is 0 Å². The molecule has 0 radical (unpaired) electrons. The van der Waals surface area contributed by atoms with Gasteiger partial charge < -0.3 is 5.73 Å². The predicted molar refractivity (Wildman–Crippen MR) is 79.5 cm³/mol. The number of nitrogens with two attached hydrogens (primary N) is 1. The van der Waals surface area contributed by atoms with Gasteiger partial charge in [-0.15, -0.1) is 0 Å². The van der Waals surface area contributed by atoms with Crippen LogP contribution in [0.2, 0.25) is 0 Å². The first-order valence-electron chi connectivity index (χ1n) is 6.84. The Kier molecular flexibility index (Phi) is 3.11. The lowest BCUT2D eigenvalue weighted by atomic mass is 9.92. The highest BCUT2D eigenvalue weighted by atomic mass is 15.3. The van der Waals surface area contributed by atoms with Crippen molar-refractivity contribution >= 4 is 11.4 Å². The lowest BCUT2D eigenvalue weighted by Gasteiger charge is -2.13. The van der Waals surface area contributed by atoms with Crippen LogP contribution in [0.15, 0.2) is 36.4 Å². The zero-order valence-corrected chi connectivity index (χ0v) is 11.3. The summed E-state index contributed by atoms with van der Waals surface area (Å²) in [4.78, 5) is 0. The lowest BCUT2D eigenvalue weighted by Crippen LogP contribution is -2.00. The third kappa shape index (κ3) is 2.16. The number of nitrogens with zero attached hydrogens (tertiary/aromatic N) is 2. The van der Waals surface area contributed by atoms with Crippen LogP contribution in [-0.4, -0.2) is 9.78 Å². The minimum absolute atomic E-state index is 0.770. The summed E-state index contributed by atoms with van der Waals surface area (Å²) < 4.78 is 1.78. The van der Waals surface area contributed by atoms with E-state index in [0.29, 0.717) is 0 Å². The molecule has 1 aromatic heterocycles. The van der Waals surface area contributed by atoms with Gasteiger partial charge in [-0.3, -0.25) is 4.68 Å². The van der Waals surface area contributed by atoms with E-state index in [2.05, 4.69) is 23.3 Å². The number of hydrogen-bond acceptors (Lipinski definition) is 2. The molecular weight excluding hydrogens is 234 g/mol. The molecule has 2 N–H and O–H groups in total. The van der Waals surface area contributed by atoms with Crippen molar-refractivity contribution in [3.8, 4) is 11.3 Å². The van der Waals surface area contributed by atoms with E-state index >= 15 is 0 Å². The number of aryl methyl sites for hydroxylation is 1. The summed E-state index contributed by atoms with van der Waals surface area (Å²) in [5.74, 6) is 0.770. The van der Waals surface area contributed by atoms with Crippen LogP contribution >= 0.6 is 0 Å². The van der Waals surface area contributed by atoms with E-state index in [9.17, 15) is 0 Å².